The zero-order valence-corrected chi connectivity index (χ0v) is 33.6. The van der Waals surface area contributed by atoms with Crippen LogP contribution in [-0.4, -0.2) is 98.6 Å². The molecule has 1 atom stereocenters. The second-order valence-corrected chi connectivity index (χ2v) is 16.3. The third kappa shape index (κ3) is 8.18. The second-order valence-electron chi connectivity index (χ2n) is 16.3. The number of halogens is 3. The lowest BCUT2D eigenvalue weighted by molar-refractivity contribution is -0.142. The molecule has 0 bridgehead atoms. The summed E-state index contributed by atoms with van der Waals surface area (Å²) in [6.07, 6.45) is 5.62. The van der Waals surface area contributed by atoms with Crippen molar-refractivity contribution < 1.29 is 46.6 Å². The summed E-state index contributed by atoms with van der Waals surface area (Å²) in [6, 6.07) is 12.3. The molecule has 61 heavy (non-hydrogen) atoms. The Balaban J connectivity index is 0.684. The first-order valence-electron chi connectivity index (χ1n) is 20.8. The number of aromatic nitrogens is 3. The van der Waals surface area contributed by atoms with E-state index in [1.165, 1.54) is 12.3 Å². The Morgan fingerprint density at radius 3 is 2.39 bits per heavy atom. The molecule has 1 aliphatic carbocycles. The van der Waals surface area contributed by atoms with Crippen molar-refractivity contribution in [2.75, 3.05) is 26.2 Å². The lowest BCUT2D eigenvalue weighted by Crippen LogP contribution is -2.54. The number of imide groups is 2. The molecule has 1 saturated carbocycles. The molecule has 16 heteroatoms. The standard InChI is InChI=1S/C45H45F3N6O7/c1-52-37-11-14-49-25-35(37)32-7-5-26(20-39(32)52)27-19-36(45(46,47)48)42(50-24-27)61-31-21-30(22-31)60-28-12-16-53(17-13-28)15-3-2-4-18-59-29-6-8-33-34(23-29)44(58)54(43(33)57)38-9-10-40(55)51-41(38)56/h5-8,11,14,19-20,23-25,28,30-31,38H,2-4,9-10,12-13,15-18,21-22H2,1H3,(H,51,55,56)/t30-,31-,38?. The van der Waals surface area contributed by atoms with Crippen LogP contribution >= 0.6 is 0 Å². The van der Waals surface area contributed by atoms with Gasteiger partial charge in [0.15, 0.2) is 0 Å². The minimum absolute atomic E-state index is 0.0617. The van der Waals surface area contributed by atoms with E-state index in [4.69, 9.17) is 14.2 Å². The molecule has 3 fully saturated rings. The van der Waals surface area contributed by atoms with E-state index in [2.05, 4.69) is 20.2 Å². The van der Waals surface area contributed by atoms with Crippen molar-refractivity contribution in [1.82, 2.24) is 29.7 Å². The number of hydrogen-bond acceptors (Lipinski definition) is 10. The number of hydrogen-bond donors (Lipinski definition) is 1. The maximum absolute atomic E-state index is 14.3. The molecule has 2 aromatic carbocycles. The molecule has 2 saturated heterocycles. The molecule has 3 aliphatic heterocycles. The van der Waals surface area contributed by atoms with Crippen LogP contribution in [0.4, 0.5) is 13.2 Å². The van der Waals surface area contributed by atoms with E-state index in [-0.39, 0.29) is 36.2 Å². The van der Waals surface area contributed by atoms with Crippen molar-refractivity contribution in [3.05, 3.63) is 83.8 Å². The van der Waals surface area contributed by atoms with Gasteiger partial charge in [0.2, 0.25) is 17.7 Å². The molecule has 6 heterocycles. The molecule has 9 rings (SSSR count). The summed E-state index contributed by atoms with van der Waals surface area (Å²) in [5.41, 5.74) is 2.37. The Labute approximate surface area is 349 Å². The predicted octanol–water partition coefficient (Wildman–Crippen LogP) is 6.85. The average Bonchev–Trinajstić information content (AvgIpc) is 3.66. The van der Waals surface area contributed by atoms with Gasteiger partial charge in [-0.25, -0.2) is 4.98 Å². The molecule has 0 radical (unpaired) electrons. The van der Waals surface area contributed by atoms with Gasteiger partial charge in [-0.2, -0.15) is 13.2 Å². The topological polar surface area (TPSA) is 145 Å². The molecule has 4 amide bonds. The molecular weight excluding hydrogens is 794 g/mol. The number of nitrogens with zero attached hydrogens (tertiary/aromatic N) is 5. The number of aryl methyl sites for hydroxylation is 1. The minimum Gasteiger partial charge on any atom is -0.494 e. The van der Waals surface area contributed by atoms with E-state index < -0.39 is 53.4 Å². The van der Waals surface area contributed by atoms with Gasteiger partial charge in [-0.1, -0.05) is 12.1 Å². The highest BCUT2D eigenvalue weighted by Crippen LogP contribution is 2.41. The molecule has 13 nitrogen and oxygen atoms in total. The summed E-state index contributed by atoms with van der Waals surface area (Å²) >= 11 is 0. The second kappa shape index (κ2) is 16.5. The van der Waals surface area contributed by atoms with Gasteiger partial charge in [0.1, 0.15) is 23.5 Å². The van der Waals surface area contributed by atoms with Crippen molar-refractivity contribution in [3.63, 3.8) is 0 Å². The maximum Gasteiger partial charge on any atom is 0.421 e. The number of piperidine rings is 2. The van der Waals surface area contributed by atoms with Gasteiger partial charge in [0.25, 0.3) is 11.8 Å². The van der Waals surface area contributed by atoms with Crippen LogP contribution in [0.15, 0.2) is 67.1 Å². The Kier molecular flexibility index (Phi) is 11.0. The van der Waals surface area contributed by atoms with Crippen LogP contribution in [0, 0.1) is 0 Å². The van der Waals surface area contributed by atoms with E-state index in [1.54, 1.807) is 24.5 Å². The van der Waals surface area contributed by atoms with E-state index >= 15 is 0 Å². The summed E-state index contributed by atoms with van der Waals surface area (Å²) in [5, 5.41) is 4.15. The number of amides is 4. The fourth-order valence-electron chi connectivity index (χ4n) is 8.91. The summed E-state index contributed by atoms with van der Waals surface area (Å²) in [5.74, 6) is -2.12. The Hall–Kier alpha value is -5.87. The molecule has 0 spiro atoms. The lowest BCUT2D eigenvalue weighted by atomic mass is 9.91. The first kappa shape index (κ1) is 40.5. The molecule has 5 aromatic rings. The van der Waals surface area contributed by atoms with E-state index in [0.717, 1.165) is 84.5 Å². The van der Waals surface area contributed by atoms with Crippen LogP contribution in [0.2, 0.25) is 0 Å². The average molecular weight is 839 g/mol. The summed E-state index contributed by atoms with van der Waals surface area (Å²) < 4.78 is 63.0. The number of unbranched alkanes of at least 4 members (excludes halogenated alkanes) is 2. The van der Waals surface area contributed by atoms with Gasteiger partial charge in [-0.05, 0) is 87.0 Å². The number of ether oxygens (including phenoxy) is 3. The fraction of sp³-hybridized carbons (Fsp3) is 0.422. The Bertz CT molecular complexity index is 2530. The van der Waals surface area contributed by atoms with Crippen molar-refractivity contribution in [3.8, 4) is 22.8 Å². The van der Waals surface area contributed by atoms with Gasteiger partial charge in [0, 0.05) is 79.8 Å². The summed E-state index contributed by atoms with van der Waals surface area (Å²) in [6.45, 7) is 3.20. The monoisotopic (exact) mass is 838 g/mol. The highest BCUT2D eigenvalue weighted by atomic mass is 19.4. The van der Waals surface area contributed by atoms with Gasteiger partial charge >= 0.3 is 6.18 Å². The van der Waals surface area contributed by atoms with Crippen LogP contribution < -0.4 is 14.8 Å². The number of carbonyl (C=O) groups is 4. The molecular formula is C45H45F3N6O7. The maximum atomic E-state index is 14.3. The molecule has 1 N–H and O–H groups in total. The Morgan fingerprint density at radius 2 is 1.61 bits per heavy atom. The molecule has 4 aliphatic rings. The van der Waals surface area contributed by atoms with Crippen molar-refractivity contribution in [2.45, 2.75) is 88.3 Å². The predicted molar refractivity (Wildman–Crippen MR) is 217 cm³/mol. The SMILES string of the molecule is Cn1c2ccncc2c2ccc(-c3cnc(O[C@H]4C[C@H](OC5CCN(CCCCCOc6ccc7c(c6)C(=O)N(C6CCC(=O)NC6=O)C7=O)CC5)C4)c(C(F)(F)F)c3)cc21. The quantitative estimate of drug-likeness (QED) is 0.0988. The van der Waals surface area contributed by atoms with E-state index in [1.807, 2.05) is 35.9 Å². The number of nitrogens with one attached hydrogen (secondary N) is 1. The van der Waals surface area contributed by atoms with Crippen LogP contribution in [0.25, 0.3) is 32.9 Å². The third-order valence-corrected chi connectivity index (χ3v) is 12.3. The smallest absolute Gasteiger partial charge is 0.421 e. The zero-order valence-electron chi connectivity index (χ0n) is 33.6. The molecule has 1 unspecified atom stereocenters. The van der Waals surface area contributed by atoms with E-state index in [0.29, 0.717) is 36.3 Å². The largest absolute Gasteiger partial charge is 0.494 e. The highest BCUT2D eigenvalue weighted by molar-refractivity contribution is 6.23. The Morgan fingerprint density at radius 1 is 0.803 bits per heavy atom. The minimum atomic E-state index is -4.64. The van der Waals surface area contributed by atoms with Gasteiger partial charge < -0.3 is 23.7 Å². The summed E-state index contributed by atoms with van der Waals surface area (Å²) in [4.78, 5) is 61.6. The van der Waals surface area contributed by atoms with Crippen LogP contribution in [-0.2, 0) is 27.5 Å². The van der Waals surface area contributed by atoms with Crippen LogP contribution in [0.5, 0.6) is 11.6 Å². The molecule has 318 valence electrons. The fourth-order valence-corrected chi connectivity index (χ4v) is 8.91. The first-order valence-corrected chi connectivity index (χ1v) is 20.8. The van der Waals surface area contributed by atoms with Crippen LogP contribution in [0.3, 0.4) is 0 Å². The van der Waals surface area contributed by atoms with Crippen molar-refractivity contribution in [1.29, 1.82) is 0 Å². The normalized spacial score (nSPS) is 21.2. The van der Waals surface area contributed by atoms with Gasteiger partial charge in [0.05, 0.1) is 35.5 Å². The zero-order chi connectivity index (χ0) is 42.4. The number of carbonyl (C=O) groups excluding carboxylic acids is 4. The number of benzene rings is 2. The van der Waals surface area contributed by atoms with Gasteiger partial charge in [-0.3, -0.25) is 34.4 Å². The number of alkyl halides is 3. The molecule has 3 aromatic heterocycles. The first-order chi connectivity index (χ1) is 29.4. The number of rotatable bonds is 13. The number of pyridine rings is 2. The van der Waals surface area contributed by atoms with Crippen molar-refractivity contribution in [2.24, 2.45) is 7.05 Å². The number of likely N-dealkylation sites (tertiary alicyclic amines) is 1. The van der Waals surface area contributed by atoms with Gasteiger partial charge in [-0.15, -0.1) is 0 Å². The number of fused-ring (bicyclic) bond motifs is 4. The van der Waals surface area contributed by atoms with Crippen molar-refractivity contribution >= 4 is 45.4 Å². The summed E-state index contributed by atoms with van der Waals surface area (Å²) in [7, 11) is 1.92. The van der Waals surface area contributed by atoms with E-state index in [9.17, 15) is 32.3 Å². The highest BCUT2D eigenvalue weighted by Gasteiger charge is 2.45. The lowest BCUT2D eigenvalue weighted by Gasteiger charge is -2.40. The van der Waals surface area contributed by atoms with Crippen LogP contribution in [0.1, 0.15) is 84.1 Å². The third-order valence-electron chi connectivity index (χ3n) is 12.3.